The van der Waals surface area contributed by atoms with Crippen molar-refractivity contribution in [1.29, 1.82) is 0 Å². The van der Waals surface area contributed by atoms with Crippen molar-refractivity contribution < 1.29 is 4.79 Å². The Hall–Kier alpha value is -0.540. The Morgan fingerprint density at radius 2 is 2.35 bits per heavy atom. The maximum atomic E-state index is 12.2. The summed E-state index contributed by atoms with van der Waals surface area (Å²) in [7, 11) is 0. The van der Waals surface area contributed by atoms with Gasteiger partial charge in [-0.2, -0.15) is 0 Å². The second-order valence-electron chi connectivity index (χ2n) is 4.47. The Morgan fingerprint density at radius 3 is 2.88 bits per heavy atom. The van der Waals surface area contributed by atoms with Gasteiger partial charge in [0.15, 0.2) is 0 Å². The summed E-state index contributed by atoms with van der Waals surface area (Å²) in [6.07, 6.45) is 5.04. The molecule has 1 aliphatic rings. The van der Waals surface area contributed by atoms with Crippen LogP contribution in [0.1, 0.15) is 30.6 Å². The highest BCUT2D eigenvalue weighted by molar-refractivity contribution is 7.10. The fourth-order valence-corrected chi connectivity index (χ4v) is 2.92. The van der Waals surface area contributed by atoms with E-state index in [2.05, 4.69) is 0 Å². The van der Waals surface area contributed by atoms with E-state index >= 15 is 0 Å². The van der Waals surface area contributed by atoms with Crippen LogP contribution in [0.5, 0.6) is 0 Å². The number of amides is 1. The lowest BCUT2D eigenvalue weighted by molar-refractivity contribution is -0.134. The van der Waals surface area contributed by atoms with Crippen molar-refractivity contribution in [3.05, 3.63) is 22.4 Å². The molecule has 1 heterocycles. The lowest BCUT2D eigenvalue weighted by atomic mass is 9.91. The van der Waals surface area contributed by atoms with Crippen LogP contribution in [0.25, 0.3) is 0 Å². The van der Waals surface area contributed by atoms with E-state index in [0.717, 1.165) is 17.8 Å². The van der Waals surface area contributed by atoms with Crippen molar-refractivity contribution in [1.82, 2.24) is 4.90 Å². The van der Waals surface area contributed by atoms with E-state index in [1.165, 1.54) is 19.3 Å². The number of halogens is 1. The standard InChI is InChI=1S/C13H18ClNOS/c14-7-3-8-15(11-4-1-5-11)13(16)10-12-6-2-9-17-12/h2,6,9,11H,1,3-5,7-8,10H2. The van der Waals surface area contributed by atoms with Crippen molar-refractivity contribution in [2.24, 2.45) is 0 Å². The van der Waals surface area contributed by atoms with Gasteiger partial charge in [-0.05, 0) is 37.1 Å². The highest BCUT2D eigenvalue weighted by Gasteiger charge is 2.28. The number of nitrogens with zero attached hydrogens (tertiary/aromatic N) is 1. The van der Waals surface area contributed by atoms with Gasteiger partial charge in [0.25, 0.3) is 0 Å². The number of alkyl halides is 1. The van der Waals surface area contributed by atoms with Crippen molar-refractivity contribution in [3.63, 3.8) is 0 Å². The minimum absolute atomic E-state index is 0.266. The van der Waals surface area contributed by atoms with Crippen LogP contribution in [0.4, 0.5) is 0 Å². The summed E-state index contributed by atoms with van der Waals surface area (Å²) >= 11 is 7.38. The average molecular weight is 272 g/mol. The highest BCUT2D eigenvalue weighted by atomic mass is 35.5. The molecule has 0 aromatic carbocycles. The van der Waals surface area contributed by atoms with Crippen LogP contribution in [0.2, 0.25) is 0 Å². The number of rotatable bonds is 6. The van der Waals surface area contributed by atoms with Gasteiger partial charge in [0.2, 0.25) is 5.91 Å². The molecule has 1 aliphatic carbocycles. The van der Waals surface area contributed by atoms with Gasteiger partial charge in [0.1, 0.15) is 0 Å². The molecule has 0 N–H and O–H groups in total. The Morgan fingerprint density at radius 1 is 1.53 bits per heavy atom. The SMILES string of the molecule is O=C(Cc1cccs1)N(CCCCl)C1CCC1. The summed E-state index contributed by atoms with van der Waals surface area (Å²) < 4.78 is 0. The second kappa shape index (κ2) is 6.41. The van der Waals surface area contributed by atoms with Crippen molar-refractivity contribution in [3.8, 4) is 0 Å². The van der Waals surface area contributed by atoms with E-state index < -0.39 is 0 Å². The van der Waals surface area contributed by atoms with Crippen molar-refractivity contribution in [2.45, 2.75) is 38.1 Å². The number of hydrogen-bond acceptors (Lipinski definition) is 2. The van der Waals surface area contributed by atoms with Gasteiger partial charge < -0.3 is 4.90 Å². The topological polar surface area (TPSA) is 20.3 Å². The fourth-order valence-electron chi connectivity index (χ4n) is 2.10. The molecule has 2 nitrogen and oxygen atoms in total. The summed E-state index contributed by atoms with van der Waals surface area (Å²) in [5.41, 5.74) is 0. The molecule has 1 aromatic heterocycles. The zero-order chi connectivity index (χ0) is 12.1. The van der Waals surface area contributed by atoms with Gasteiger partial charge in [-0.15, -0.1) is 22.9 Å². The molecule has 1 saturated carbocycles. The largest absolute Gasteiger partial charge is 0.339 e. The smallest absolute Gasteiger partial charge is 0.228 e. The molecule has 2 rings (SSSR count). The van der Waals surface area contributed by atoms with Crippen molar-refractivity contribution >= 4 is 28.8 Å². The minimum atomic E-state index is 0.266. The normalized spacial score (nSPS) is 15.6. The quantitative estimate of drug-likeness (QED) is 0.727. The molecule has 17 heavy (non-hydrogen) atoms. The molecule has 0 radical (unpaired) electrons. The van der Waals surface area contributed by atoms with E-state index in [-0.39, 0.29) is 5.91 Å². The second-order valence-corrected chi connectivity index (χ2v) is 5.88. The number of carbonyl (C=O) groups excluding carboxylic acids is 1. The Balaban J connectivity index is 1.91. The third kappa shape index (κ3) is 3.46. The molecule has 1 aromatic rings. The average Bonchev–Trinajstić information content (AvgIpc) is 2.73. The lowest BCUT2D eigenvalue weighted by Gasteiger charge is -2.37. The monoisotopic (exact) mass is 271 g/mol. The summed E-state index contributed by atoms with van der Waals surface area (Å²) in [6.45, 7) is 0.818. The molecule has 0 spiro atoms. The van der Waals surface area contributed by atoms with E-state index in [1.54, 1.807) is 11.3 Å². The summed E-state index contributed by atoms with van der Waals surface area (Å²) in [5.74, 6) is 0.900. The molecular weight excluding hydrogens is 254 g/mol. The predicted octanol–water partition coefficient (Wildman–Crippen LogP) is 3.30. The highest BCUT2D eigenvalue weighted by Crippen LogP contribution is 2.26. The molecule has 0 aliphatic heterocycles. The van der Waals surface area contributed by atoms with Gasteiger partial charge in [0.05, 0.1) is 6.42 Å². The van der Waals surface area contributed by atoms with Gasteiger partial charge in [0, 0.05) is 23.3 Å². The zero-order valence-electron chi connectivity index (χ0n) is 9.90. The molecule has 0 atom stereocenters. The summed E-state index contributed by atoms with van der Waals surface area (Å²) in [6, 6.07) is 4.51. The first-order chi connectivity index (χ1) is 8.31. The third-order valence-corrected chi connectivity index (χ3v) is 4.42. The molecule has 0 saturated heterocycles. The minimum Gasteiger partial charge on any atom is -0.339 e. The van der Waals surface area contributed by atoms with Crippen molar-refractivity contribution in [2.75, 3.05) is 12.4 Å². The first-order valence-electron chi connectivity index (χ1n) is 6.19. The van der Waals surface area contributed by atoms with E-state index in [9.17, 15) is 4.79 Å². The van der Waals surface area contributed by atoms with Crippen LogP contribution in [0.3, 0.4) is 0 Å². The maximum Gasteiger partial charge on any atom is 0.228 e. The number of thiophene rings is 1. The first kappa shape index (κ1) is 12.9. The molecular formula is C13H18ClNOS. The molecule has 1 amide bonds. The Bertz CT molecular complexity index is 348. The van der Waals surface area contributed by atoms with Crippen LogP contribution in [-0.4, -0.2) is 29.3 Å². The first-order valence-corrected chi connectivity index (χ1v) is 7.60. The summed E-state index contributed by atoms with van der Waals surface area (Å²) in [5, 5.41) is 2.02. The number of hydrogen-bond donors (Lipinski definition) is 0. The molecule has 0 bridgehead atoms. The van der Waals surface area contributed by atoms with E-state index in [4.69, 9.17) is 11.6 Å². The van der Waals surface area contributed by atoms with Crippen LogP contribution >= 0.6 is 22.9 Å². The maximum absolute atomic E-state index is 12.2. The Labute approximate surface area is 112 Å². The van der Waals surface area contributed by atoms with Crippen LogP contribution in [-0.2, 0) is 11.2 Å². The van der Waals surface area contributed by atoms with E-state index in [1.807, 2.05) is 22.4 Å². The van der Waals surface area contributed by atoms with Crippen LogP contribution < -0.4 is 0 Å². The molecule has 1 fully saturated rings. The van der Waals surface area contributed by atoms with E-state index in [0.29, 0.717) is 18.3 Å². The molecule has 94 valence electrons. The van der Waals surface area contributed by atoms with Gasteiger partial charge in [-0.3, -0.25) is 4.79 Å². The van der Waals surface area contributed by atoms with Crippen LogP contribution in [0.15, 0.2) is 17.5 Å². The fraction of sp³-hybridized carbons (Fsp3) is 0.615. The van der Waals surface area contributed by atoms with Gasteiger partial charge >= 0.3 is 0 Å². The number of carbonyl (C=O) groups is 1. The van der Waals surface area contributed by atoms with Gasteiger partial charge in [-0.25, -0.2) is 0 Å². The molecule has 0 unspecified atom stereocenters. The third-order valence-electron chi connectivity index (χ3n) is 3.27. The van der Waals surface area contributed by atoms with Gasteiger partial charge in [-0.1, -0.05) is 6.07 Å². The predicted molar refractivity (Wildman–Crippen MR) is 72.7 cm³/mol. The lowest BCUT2D eigenvalue weighted by Crippen LogP contribution is -2.45. The molecule has 4 heteroatoms. The Kier molecular flexibility index (Phi) is 4.86. The van der Waals surface area contributed by atoms with Crippen LogP contribution in [0, 0.1) is 0 Å². The zero-order valence-corrected chi connectivity index (χ0v) is 11.5. The summed E-state index contributed by atoms with van der Waals surface area (Å²) in [4.78, 5) is 15.4.